The first-order chi connectivity index (χ1) is 6.70. The van der Waals surface area contributed by atoms with E-state index < -0.39 is 0 Å². The van der Waals surface area contributed by atoms with Crippen molar-refractivity contribution < 1.29 is 9.53 Å². The fourth-order valence-electron chi connectivity index (χ4n) is 2.15. The SMILES string of the molecule is CC1CC(C(=O)N2CC(CN)C2)CO1. The van der Waals surface area contributed by atoms with Gasteiger partial charge in [0.2, 0.25) is 5.91 Å². The van der Waals surface area contributed by atoms with E-state index in [2.05, 4.69) is 0 Å². The van der Waals surface area contributed by atoms with Crippen molar-refractivity contribution in [3.05, 3.63) is 0 Å². The van der Waals surface area contributed by atoms with Gasteiger partial charge in [0.15, 0.2) is 0 Å². The van der Waals surface area contributed by atoms with Crippen molar-refractivity contribution in [2.24, 2.45) is 17.6 Å². The average Bonchev–Trinajstić information content (AvgIpc) is 2.49. The Morgan fingerprint density at radius 2 is 2.29 bits per heavy atom. The first-order valence-electron chi connectivity index (χ1n) is 5.31. The van der Waals surface area contributed by atoms with Crippen molar-refractivity contribution in [3.8, 4) is 0 Å². The van der Waals surface area contributed by atoms with E-state index in [1.807, 2.05) is 11.8 Å². The molecule has 0 aromatic rings. The number of carbonyl (C=O) groups is 1. The van der Waals surface area contributed by atoms with Crippen molar-refractivity contribution in [3.63, 3.8) is 0 Å². The summed E-state index contributed by atoms with van der Waals surface area (Å²) in [5, 5.41) is 0. The molecule has 0 aliphatic carbocycles. The van der Waals surface area contributed by atoms with Crippen LogP contribution in [0, 0.1) is 11.8 Å². The predicted molar refractivity (Wildman–Crippen MR) is 52.6 cm³/mol. The fourth-order valence-corrected chi connectivity index (χ4v) is 2.15. The number of hydrogen-bond acceptors (Lipinski definition) is 3. The first kappa shape index (κ1) is 9.93. The molecule has 0 saturated carbocycles. The van der Waals surface area contributed by atoms with E-state index in [0.717, 1.165) is 19.5 Å². The maximum absolute atomic E-state index is 11.8. The quantitative estimate of drug-likeness (QED) is 0.670. The Labute approximate surface area is 84.4 Å². The lowest BCUT2D eigenvalue weighted by Gasteiger charge is -2.39. The van der Waals surface area contributed by atoms with Gasteiger partial charge in [-0.1, -0.05) is 0 Å². The van der Waals surface area contributed by atoms with Gasteiger partial charge < -0.3 is 15.4 Å². The Morgan fingerprint density at radius 1 is 1.57 bits per heavy atom. The number of nitrogens with zero attached hydrogens (tertiary/aromatic N) is 1. The van der Waals surface area contributed by atoms with Crippen molar-refractivity contribution in [1.82, 2.24) is 4.90 Å². The molecule has 0 aromatic heterocycles. The summed E-state index contributed by atoms with van der Waals surface area (Å²) in [6.07, 6.45) is 1.12. The zero-order valence-electron chi connectivity index (χ0n) is 8.61. The van der Waals surface area contributed by atoms with Crippen LogP contribution in [0.15, 0.2) is 0 Å². The van der Waals surface area contributed by atoms with Crippen LogP contribution in [0.1, 0.15) is 13.3 Å². The van der Waals surface area contributed by atoms with Gasteiger partial charge in [-0.15, -0.1) is 0 Å². The summed E-state index contributed by atoms with van der Waals surface area (Å²) >= 11 is 0. The lowest BCUT2D eigenvalue weighted by Crippen LogP contribution is -2.54. The first-order valence-corrected chi connectivity index (χ1v) is 5.31. The van der Waals surface area contributed by atoms with Crippen LogP contribution in [0.5, 0.6) is 0 Å². The Hall–Kier alpha value is -0.610. The lowest BCUT2D eigenvalue weighted by atomic mass is 9.96. The highest BCUT2D eigenvalue weighted by Gasteiger charge is 2.36. The number of likely N-dealkylation sites (tertiary alicyclic amines) is 1. The summed E-state index contributed by atoms with van der Waals surface area (Å²) in [5.41, 5.74) is 5.51. The number of hydrogen-bond donors (Lipinski definition) is 1. The third-order valence-electron chi connectivity index (χ3n) is 3.15. The molecule has 0 bridgehead atoms. The van der Waals surface area contributed by atoms with Crippen molar-refractivity contribution in [2.45, 2.75) is 19.4 Å². The number of ether oxygens (including phenoxy) is 1. The van der Waals surface area contributed by atoms with E-state index in [1.54, 1.807) is 0 Å². The molecule has 2 rings (SSSR count). The molecule has 2 N–H and O–H groups in total. The van der Waals surface area contributed by atoms with E-state index in [1.165, 1.54) is 0 Å². The monoisotopic (exact) mass is 198 g/mol. The van der Waals surface area contributed by atoms with E-state index in [9.17, 15) is 4.79 Å². The zero-order chi connectivity index (χ0) is 10.1. The number of nitrogens with two attached hydrogens (primary N) is 1. The van der Waals surface area contributed by atoms with Crippen LogP contribution in [0.4, 0.5) is 0 Å². The summed E-state index contributed by atoms with van der Waals surface area (Å²) in [6.45, 7) is 5.01. The lowest BCUT2D eigenvalue weighted by molar-refractivity contribution is -0.141. The van der Waals surface area contributed by atoms with Crippen molar-refractivity contribution in [2.75, 3.05) is 26.2 Å². The third kappa shape index (κ3) is 1.77. The normalized spacial score (nSPS) is 33.1. The highest BCUT2D eigenvalue weighted by atomic mass is 16.5. The number of carbonyl (C=O) groups excluding carboxylic acids is 1. The fraction of sp³-hybridized carbons (Fsp3) is 0.900. The van der Waals surface area contributed by atoms with E-state index >= 15 is 0 Å². The van der Waals surface area contributed by atoms with Gasteiger partial charge in [0, 0.05) is 19.0 Å². The van der Waals surface area contributed by atoms with Gasteiger partial charge in [0.1, 0.15) is 0 Å². The van der Waals surface area contributed by atoms with E-state index in [0.29, 0.717) is 19.1 Å². The molecule has 14 heavy (non-hydrogen) atoms. The molecule has 2 aliphatic heterocycles. The van der Waals surface area contributed by atoms with Crippen LogP contribution >= 0.6 is 0 Å². The number of rotatable bonds is 2. The Morgan fingerprint density at radius 3 is 2.79 bits per heavy atom. The summed E-state index contributed by atoms with van der Waals surface area (Å²) in [4.78, 5) is 13.7. The van der Waals surface area contributed by atoms with Crippen LogP contribution in [-0.2, 0) is 9.53 Å². The van der Waals surface area contributed by atoms with Crippen LogP contribution in [0.25, 0.3) is 0 Å². The number of amides is 1. The molecule has 2 aliphatic rings. The van der Waals surface area contributed by atoms with Gasteiger partial charge >= 0.3 is 0 Å². The van der Waals surface area contributed by atoms with Crippen molar-refractivity contribution >= 4 is 5.91 Å². The van der Waals surface area contributed by atoms with Crippen LogP contribution < -0.4 is 5.73 Å². The Balaban J connectivity index is 1.79. The highest BCUT2D eigenvalue weighted by molar-refractivity contribution is 5.80. The second kappa shape index (κ2) is 3.87. The Bertz CT molecular complexity index is 226. The highest BCUT2D eigenvalue weighted by Crippen LogP contribution is 2.24. The average molecular weight is 198 g/mol. The Kier molecular flexibility index (Phi) is 2.74. The molecule has 0 radical (unpaired) electrons. The van der Waals surface area contributed by atoms with Gasteiger partial charge in [0.25, 0.3) is 0 Å². The molecule has 0 aromatic carbocycles. The smallest absolute Gasteiger partial charge is 0.228 e. The minimum atomic E-state index is 0.101. The molecular weight excluding hydrogens is 180 g/mol. The third-order valence-corrected chi connectivity index (χ3v) is 3.15. The molecule has 2 unspecified atom stereocenters. The van der Waals surface area contributed by atoms with Gasteiger partial charge in [-0.25, -0.2) is 0 Å². The van der Waals surface area contributed by atoms with Crippen LogP contribution in [0.3, 0.4) is 0 Å². The zero-order valence-corrected chi connectivity index (χ0v) is 8.61. The van der Waals surface area contributed by atoms with Gasteiger partial charge in [-0.3, -0.25) is 4.79 Å². The van der Waals surface area contributed by atoms with Crippen LogP contribution in [-0.4, -0.2) is 43.2 Å². The second-order valence-corrected chi connectivity index (χ2v) is 4.42. The predicted octanol–water partition coefficient (Wildman–Crippen LogP) is -0.171. The molecular formula is C10H18N2O2. The van der Waals surface area contributed by atoms with Gasteiger partial charge in [-0.05, 0) is 19.9 Å². The molecule has 80 valence electrons. The molecule has 0 spiro atoms. The maximum Gasteiger partial charge on any atom is 0.228 e. The summed E-state index contributed by atoms with van der Waals surface area (Å²) < 4.78 is 5.39. The maximum atomic E-state index is 11.8. The minimum absolute atomic E-state index is 0.101. The van der Waals surface area contributed by atoms with E-state index in [-0.39, 0.29) is 17.9 Å². The summed E-state index contributed by atoms with van der Waals surface area (Å²) in [7, 11) is 0. The molecule has 1 amide bonds. The van der Waals surface area contributed by atoms with Crippen molar-refractivity contribution in [1.29, 1.82) is 0 Å². The largest absolute Gasteiger partial charge is 0.378 e. The van der Waals surface area contributed by atoms with Crippen LogP contribution in [0.2, 0.25) is 0 Å². The molecule has 2 heterocycles. The van der Waals surface area contributed by atoms with E-state index in [4.69, 9.17) is 10.5 Å². The topological polar surface area (TPSA) is 55.6 Å². The van der Waals surface area contributed by atoms with Gasteiger partial charge in [-0.2, -0.15) is 0 Å². The minimum Gasteiger partial charge on any atom is -0.378 e. The second-order valence-electron chi connectivity index (χ2n) is 4.42. The summed E-state index contributed by atoms with van der Waals surface area (Å²) in [5.74, 6) is 0.890. The molecule has 4 heteroatoms. The molecule has 4 nitrogen and oxygen atoms in total. The van der Waals surface area contributed by atoms with Gasteiger partial charge in [0.05, 0.1) is 18.6 Å². The molecule has 2 saturated heterocycles. The molecule has 2 fully saturated rings. The summed E-state index contributed by atoms with van der Waals surface area (Å²) in [6, 6.07) is 0. The standard InChI is InChI=1S/C10H18N2O2/c1-7-2-9(6-14-7)10(13)12-4-8(3-11)5-12/h7-9H,2-6,11H2,1H3. The molecule has 2 atom stereocenters.